The van der Waals surface area contributed by atoms with Crippen LogP contribution in [0.15, 0.2) is 54.6 Å². The summed E-state index contributed by atoms with van der Waals surface area (Å²) in [7, 11) is 0. The number of ether oxygens (including phenoxy) is 1. The first-order valence-electron chi connectivity index (χ1n) is 6.95. The van der Waals surface area contributed by atoms with Crippen LogP contribution >= 0.6 is 0 Å². The quantitative estimate of drug-likeness (QED) is 0.675. The van der Waals surface area contributed by atoms with Gasteiger partial charge in [0.25, 0.3) is 0 Å². The number of rotatable bonds is 4. The molecule has 3 aromatic carbocycles. The molecule has 0 aromatic heterocycles. The summed E-state index contributed by atoms with van der Waals surface area (Å²) in [5.41, 5.74) is 0.0977. The zero-order chi connectivity index (χ0) is 17.3. The van der Waals surface area contributed by atoms with E-state index in [0.29, 0.717) is 16.5 Å². The fourth-order valence-corrected chi connectivity index (χ4v) is 2.31. The van der Waals surface area contributed by atoms with Crippen LogP contribution in [0.1, 0.15) is 20.7 Å². The maximum atomic E-state index is 11.3. The molecule has 0 fully saturated rings. The summed E-state index contributed by atoms with van der Waals surface area (Å²) < 4.78 is 5.70. The number of hydrogen-bond donors (Lipinski definition) is 3. The van der Waals surface area contributed by atoms with Crippen molar-refractivity contribution in [3.05, 3.63) is 65.7 Å². The van der Waals surface area contributed by atoms with Gasteiger partial charge in [-0.2, -0.15) is 0 Å². The first kappa shape index (κ1) is 15.4. The minimum Gasteiger partial charge on any atom is -0.508 e. The van der Waals surface area contributed by atoms with Crippen molar-refractivity contribution < 1.29 is 29.6 Å². The Kier molecular flexibility index (Phi) is 3.79. The molecule has 6 heteroatoms. The molecule has 0 aliphatic heterocycles. The second-order valence-electron chi connectivity index (χ2n) is 5.12. The van der Waals surface area contributed by atoms with E-state index < -0.39 is 11.9 Å². The minimum atomic E-state index is -1.12. The maximum absolute atomic E-state index is 11.3. The molecule has 0 unspecified atom stereocenters. The lowest BCUT2D eigenvalue weighted by atomic mass is 10.0. The summed E-state index contributed by atoms with van der Waals surface area (Å²) in [4.78, 5) is 22.5. The van der Waals surface area contributed by atoms with Crippen molar-refractivity contribution in [1.29, 1.82) is 0 Å². The lowest BCUT2D eigenvalue weighted by molar-refractivity contribution is 0.0685. The number of carboxylic acids is 2. The third-order valence-corrected chi connectivity index (χ3v) is 3.47. The van der Waals surface area contributed by atoms with Crippen LogP contribution in [0.3, 0.4) is 0 Å². The Hall–Kier alpha value is -3.54. The fraction of sp³-hybridized carbons (Fsp3) is 0. The van der Waals surface area contributed by atoms with E-state index in [0.717, 1.165) is 0 Å². The molecule has 3 N–H and O–H groups in total. The first-order valence-corrected chi connectivity index (χ1v) is 6.95. The molecule has 0 atom stereocenters. The maximum Gasteiger partial charge on any atom is 0.335 e. The van der Waals surface area contributed by atoms with E-state index in [9.17, 15) is 19.8 Å². The summed E-state index contributed by atoms with van der Waals surface area (Å²) >= 11 is 0. The van der Waals surface area contributed by atoms with Crippen LogP contribution in [0, 0.1) is 0 Å². The highest BCUT2D eigenvalue weighted by molar-refractivity contribution is 6.01. The monoisotopic (exact) mass is 324 g/mol. The molecule has 0 saturated carbocycles. The molecule has 3 rings (SSSR count). The van der Waals surface area contributed by atoms with E-state index in [4.69, 9.17) is 9.84 Å². The van der Waals surface area contributed by atoms with Crippen molar-refractivity contribution in [3.8, 4) is 17.2 Å². The van der Waals surface area contributed by atoms with Crippen LogP contribution < -0.4 is 4.74 Å². The summed E-state index contributed by atoms with van der Waals surface area (Å²) in [6, 6.07) is 13.1. The smallest absolute Gasteiger partial charge is 0.335 e. The zero-order valence-electron chi connectivity index (χ0n) is 12.3. The summed E-state index contributed by atoms with van der Waals surface area (Å²) in [5.74, 6) is -1.53. The second-order valence-corrected chi connectivity index (χ2v) is 5.12. The largest absolute Gasteiger partial charge is 0.508 e. The van der Waals surface area contributed by atoms with E-state index >= 15 is 0 Å². The number of aromatic carboxylic acids is 2. The molecule has 24 heavy (non-hydrogen) atoms. The summed E-state index contributed by atoms with van der Waals surface area (Å²) in [6.07, 6.45) is 0. The molecule has 0 aliphatic rings. The second kappa shape index (κ2) is 5.92. The Morgan fingerprint density at radius 1 is 0.792 bits per heavy atom. The topological polar surface area (TPSA) is 104 Å². The first-order chi connectivity index (χ1) is 11.4. The number of hydrogen-bond acceptors (Lipinski definition) is 4. The van der Waals surface area contributed by atoms with Crippen molar-refractivity contribution in [1.82, 2.24) is 0 Å². The number of carboxylic acid groups (broad SMARTS) is 2. The molecule has 0 bridgehead atoms. The zero-order valence-corrected chi connectivity index (χ0v) is 12.3. The standard InChI is InChI=1S/C18H12O6/c19-13-3-5-14(6-4-13)24-16-9-12(18(22)23)7-10-1-2-11(17(20)21)8-15(10)16/h1-9,19H,(H,20,21)(H,22,23). The van der Waals surface area contributed by atoms with Crippen LogP contribution in [-0.4, -0.2) is 27.3 Å². The molecule has 120 valence electrons. The molecule has 0 amide bonds. The van der Waals surface area contributed by atoms with Crippen LogP contribution in [-0.2, 0) is 0 Å². The highest BCUT2D eigenvalue weighted by Crippen LogP contribution is 2.33. The number of phenols is 1. The predicted molar refractivity (Wildman–Crippen MR) is 86.0 cm³/mol. The normalized spacial score (nSPS) is 10.5. The Balaban J connectivity index is 2.17. The van der Waals surface area contributed by atoms with Crippen molar-refractivity contribution in [3.63, 3.8) is 0 Å². The van der Waals surface area contributed by atoms with E-state index in [2.05, 4.69) is 0 Å². The average Bonchev–Trinajstić information content (AvgIpc) is 2.56. The Labute approximate surface area is 136 Å². The van der Waals surface area contributed by atoms with E-state index in [1.54, 1.807) is 0 Å². The van der Waals surface area contributed by atoms with Crippen molar-refractivity contribution in [2.75, 3.05) is 0 Å². The van der Waals surface area contributed by atoms with E-state index in [-0.39, 0.29) is 22.6 Å². The number of phenolic OH excluding ortho intramolecular Hbond substituents is 1. The van der Waals surface area contributed by atoms with E-state index in [1.807, 2.05) is 0 Å². The van der Waals surface area contributed by atoms with Crippen molar-refractivity contribution in [2.24, 2.45) is 0 Å². The third-order valence-electron chi connectivity index (χ3n) is 3.47. The van der Waals surface area contributed by atoms with Gasteiger partial charge in [-0.05, 0) is 53.9 Å². The highest BCUT2D eigenvalue weighted by Gasteiger charge is 2.13. The minimum absolute atomic E-state index is 0.0272. The van der Waals surface area contributed by atoms with Crippen LogP contribution in [0.2, 0.25) is 0 Å². The Morgan fingerprint density at radius 3 is 2.08 bits per heavy atom. The Morgan fingerprint density at radius 2 is 1.46 bits per heavy atom. The van der Waals surface area contributed by atoms with Gasteiger partial charge >= 0.3 is 11.9 Å². The molecule has 6 nitrogen and oxygen atoms in total. The summed E-state index contributed by atoms with van der Waals surface area (Å²) in [5, 5.41) is 28.7. The van der Waals surface area contributed by atoms with Gasteiger partial charge in [-0.25, -0.2) is 9.59 Å². The van der Waals surface area contributed by atoms with Gasteiger partial charge in [0.1, 0.15) is 17.2 Å². The van der Waals surface area contributed by atoms with Gasteiger partial charge in [-0.3, -0.25) is 0 Å². The van der Waals surface area contributed by atoms with E-state index in [1.165, 1.54) is 54.6 Å². The number of carbonyl (C=O) groups is 2. The molecule has 0 heterocycles. The van der Waals surface area contributed by atoms with Gasteiger partial charge in [-0.1, -0.05) is 6.07 Å². The van der Waals surface area contributed by atoms with Gasteiger partial charge in [0.15, 0.2) is 0 Å². The van der Waals surface area contributed by atoms with Crippen molar-refractivity contribution >= 4 is 22.7 Å². The number of fused-ring (bicyclic) bond motifs is 1. The van der Waals surface area contributed by atoms with Crippen LogP contribution in [0.4, 0.5) is 0 Å². The molecule has 0 saturated heterocycles. The molecular formula is C18H12O6. The SMILES string of the molecule is O=C(O)c1cc(Oc2ccc(O)cc2)c2cc(C(=O)O)ccc2c1. The van der Waals surface area contributed by atoms with Crippen LogP contribution in [0.25, 0.3) is 10.8 Å². The lowest BCUT2D eigenvalue weighted by Crippen LogP contribution is -1.99. The lowest BCUT2D eigenvalue weighted by Gasteiger charge is -2.11. The Bertz CT molecular complexity index is 944. The van der Waals surface area contributed by atoms with Gasteiger partial charge in [-0.15, -0.1) is 0 Å². The number of aromatic hydroxyl groups is 1. The predicted octanol–water partition coefficient (Wildman–Crippen LogP) is 3.73. The van der Waals surface area contributed by atoms with Gasteiger partial charge in [0, 0.05) is 5.39 Å². The summed E-state index contributed by atoms with van der Waals surface area (Å²) in [6.45, 7) is 0. The number of benzene rings is 3. The highest BCUT2D eigenvalue weighted by atomic mass is 16.5. The molecule has 0 radical (unpaired) electrons. The fourth-order valence-electron chi connectivity index (χ4n) is 2.31. The van der Waals surface area contributed by atoms with Gasteiger partial charge in [0.2, 0.25) is 0 Å². The van der Waals surface area contributed by atoms with Gasteiger partial charge < -0.3 is 20.1 Å². The molecule has 0 spiro atoms. The molecular weight excluding hydrogens is 312 g/mol. The van der Waals surface area contributed by atoms with Crippen molar-refractivity contribution in [2.45, 2.75) is 0 Å². The average molecular weight is 324 g/mol. The molecule has 3 aromatic rings. The van der Waals surface area contributed by atoms with Crippen LogP contribution in [0.5, 0.6) is 17.2 Å². The molecule has 0 aliphatic carbocycles. The third kappa shape index (κ3) is 2.98. The van der Waals surface area contributed by atoms with Gasteiger partial charge in [0.05, 0.1) is 11.1 Å².